The van der Waals surface area contributed by atoms with Crippen LogP contribution in [-0.4, -0.2) is 22.4 Å². The highest BCUT2D eigenvalue weighted by Crippen LogP contribution is 2.31. The molecule has 0 saturated carbocycles. The van der Waals surface area contributed by atoms with Crippen molar-refractivity contribution in [3.8, 4) is 5.75 Å². The Kier molecular flexibility index (Phi) is 3.22. The molecule has 1 aromatic rings. The van der Waals surface area contributed by atoms with E-state index >= 15 is 0 Å². The number of rotatable bonds is 2. The number of aromatic carboxylic acids is 1. The highest BCUT2D eigenvalue weighted by atomic mass is 35.5. The lowest BCUT2D eigenvalue weighted by Crippen LogP contribution is -2.20. The van der Waals surface area contributed by atoms with E-state index in [0.717, 1.165) is 0 Å². The van der Waals surface area contributed by atoms with Crippen LogP contribution in [0.4, 0.5) is 17.6 Å². The van der Waals surface area contributed by atoms with Gasteiger partial charge in [-0.25, -0.2) is 9.78 Å². The predicted molar refractivity (Wildman–Crippen MR) is 42.8 cm³/mol. The molecular weight excluding hydrogens is 258 g/mol. The lowest BCUT2D eigenvalue weighted by Gasteiger charge is -2.11. The molecule has 1 N–H and O–H groups in total. The Hall–Kier alpha value is -1.57. The van der Waals surface area contributed by atoms with Gasteiger partial charge in [-0.1, -0.05) is 11.6 Å². The van der Waals surface area contributed by atoms with Gasteiger partial charge >= 0.3 is 12.3 Å². The molecular formula is C7H2ClF4NO3. The van der Waals surface area contributed by atoms with Crippen molar-refractivity contribution in [2.75, 3.05) is 0 Å². The molecule has 0 aliphatic heterocycles. The maximum atomic E-state index is 13.1. The van der Waals surface area contributed by atoms with Crippen LogP contribution in [0.1, 0.15) is 10.4 Å². The Morgan fingerprint density at radius 1 is 1.50 bits per heavy atom. The first-order valence-electron chi connectivity index (χ1n) is 3.55. The van der Waals surface area contributed by atoms with Crippen molar-refractivity contribution in [1.82, 2.24) is 4.98 Å². The van der Waals surface area contributed by atoms with Gasteiger partial charge in [-0.3, -0.25) is 0 Å². The fraction of sp³-hybridized carbons (Fsp3) is 0.143. The number of ether oxygens (including phenoxy) is 1. The Labute approximate surface area is 90.4 Å². The number of carboxylic acid groups (broad SMARTS) is 1. The van der Waals surface area contributed by atoms with E-state index < -0.39 is 34.6 Å². The molecule has 9 heteroatoms. The Bertz CT molecular complexity index is 434. The molecule has 1 heterocycles. The first kappa shape index (κ1) is 12.5. The van der Waals surface area contributed by atoms with Gasteiger partial charge in [0.2, 0.25) is 5.82 Å². The molecule has 1 aromatic heterocycles. The number of hydrogen-bond donors (Lipinski definition) is 1. The minimum atomic E-state index is -5.23. The summed E-state index contributed by atoms with van der Waals surface area (Å²) in [6.45, 7) is 0. The zero-order chi connectivity index (χ0) is 12.5. The van der Waals surface area contributed by atoms with Gasteiger partial charge in [0.1, 0.15) is 5.56 Å². The number of hydrogen-bond acceptors (Lipinski definition) is 3. The van der Waals surface area contributed by atoms with E-state index in [1.165, 1.54) is 0 Å². The monoisotopic (exact) mass is 259 g/mol. The standard InChI is InChI=1S/C7H2ClF4NO3/c8-5-3(9)4(16-7(10,11)12)2(1-13-5)6(14)15/h1H,(H,14,15). The largest absolute Gasteiger partial charge is 0.573 e. The first-order valence-corrected chi connectivity index (χ1v) is 3.93. The average Bonchev–Trinajstić information content (AvgIpc) is 2.10. The smallest absolute Gasteiger partial charge is 0.477 e. The fourth-order valence-electron chi connectivity index (χ4n) is 0.816. The van der Waals surface area contributed by atoms with Crippen molar-refractivity contribution >= 4 is 17.6 Å². The molecule has 0 fully saturated rings. The van der Waals surface area contributed by atoms with Crippen LogP contribution in [-0.2, 0) is 0 Å². The van der Waals surface area contributed by atoms with Crippen LogP contribution >= 0.6 is 11.6 Å². The van der Waals surface area contributed by atoms with Gasteiger partial charge in [0.25, 0.3) is 0 Å². The van der Waals surface area contributed by atoms with E-state index in [0.29, 0.717) is 6.20 Å². The number of alkyl halides is 3. The van der Waals surface area contributed by atoms with E-state index in [1.54, 1.807) is 0 Å². The number of halogens is 5. The third-order valence-electron chi connectivity index (χ3n) is 1.38. The average molecular weight is 260 g/mol. The summed E-state index contributed by atoms with van der Waals surface area (Å²) in [5.74, 6) is -5.01. The zero-order valence-electron chi connectivity index (χ0n) is 7.18. The molecule has 0 spiro atoms. The minimum absolute atomic E-state index is 0.467. The van der Waals surface area contributed by atoms with E-state index in [4.69, 9.17) is 16.7 Å². The first-order chi connectivity index (χ1) is 7.22. The topological polar surface area (TPSA) is 59.4 Å². The van der Waals surface area contributed by atoms with Gasteiger partial charge in [-0.15, -0.1) is 13.2 Å². The van der Waals surface area contributed by atoms with Gasteiger partial charge in [0, 0.05) is 6.20 Å². The molecule has 0 saturated heterocycles. The van der Waals surface area contributed by atoms with E-state index in [9.17, 15) is 22.4 Å². The van der Waals surface area contributed by atoms with Crippen LogP contribution in [0.3, 0.4) is 0 Å². The van der Waals surface area contributed by atoms with Crippen LogP contribution in [0.25, 0.3) is 0 Å². The number of pyridine rings is 1. The van der Waals surface area contributed by atoms with Crippen molar-refractivity contribution in [3.63, 3.8) is 0 Å². The van der Waals surface area contributed by atoms with Crippen molar-refractivity contribution in [3.05, 3.63) is 22.7 Å². The molecule has 16 heavy (non-hydrogen) atoms. The van der Waals surface area contributed by atoms with Gasteiger partial charge in [0.05, 0.1) is 0 Å². The molecule has 0 aliphatic rings. The van der Waals surface area contributed by atoms with Crippen LogP contribution < -0.4 is 4.74 Å². The molecule has 0 bridgehead atoms. The Balaban J connectivity index is 3.32. The second-order valence-corrected chi connectivity index (χ2v) is 2.82. The van der Waals surface area contributed by atoms with Crippen LogP contribution in [0.2, 0.25) is 5.15 Å². The third kappa shape index (κ3) is 2.72. The quantitative estimate of drug-likeness (QED) is 0.655. The summed E-state index contributed by atoms with van der Waals surface area (Å²) >= 11 is 5.09. The van der Waals surface area contributed by atoms with Crippen LogP contribution in [0, 0.1) is 5.82 Å². The number of carboxylic acids is 1. The van der Waals surface area contributed by atoms with Gasteiger partial charge < -0.3 is 9.84 Å². The molecule has 0 unspecified atom stereocenters. The van der Waals surface area contributed by atoms with Crippen molar-refractivity contribution < 1.29 is 32.2 Å². The summed E-state index contributed by atoms with van der Waals surface area (Å²) in [6.07, 6.45) is -4.76. The van der Waals surface area contributed by atoms with Gasteiger partial charge in [-0.05, 0) is 0 Å². The van der Waals surface area contributed by atoms with Gasteiger partial charge in [-0.2, -0.15) is 4.39 Å². The summed E-state index contributed by atoms with van der Waals surface area (Å²) in [4.78, 5) is 13.5. The molecule has 4 nitrogen and oxygen atoms in total. The van der Waals surface area contributed by atoms with Crippen LogP contribution in [0.5, 0.6) is 5.75 Å². The summed E-state index contributed by atoms with van der Waals surface area (Å²) in [5.41, 5.74) is -1.07. The van der Waals surface area contributed by atoms with Crippen molar-refractivity contribution in [2.24, 2.45) is 0 Å². The van der Waals surface area contributed by atoms with E-state index in [2.05, 4.69) is 9.72 Å². The van der Waals surface area contributed by atoms with E-state index in [-0.39, 0.29) is 0 Å². The maximum absolute atomic E-state index is 13.1. The SMILES string of the molecule is O=C(O)c1cnc(Cl)c(F)c1OC(F)(F)F. The van der Waals surface area contributed by atoms with Crippen molar-refractivity contribution in [2.45, 2.75) is 6.36 Å². The minimum Gasteiger partial charge on any atom is -0.477 e. The van der Waals surface area contributed by atoms with Gasteiger partial charge in [0.15, 0.2) is 10.9 Å². The second kappa shape index (κ2) is 4.12. The molecule has 0 aromatic carbocycles. The molecule has 0 radical (unpaired) electrons. The maximum Gasteiger partial charge on any atom is 0.573 e. The molecule has 88 valence electrons. The summed E-state index contributed by atoms with van der Waals surface area (Å²) < 4.78 is 51.8. The van der Waals surface area contributed by atoms with Crippen molar-refractivity contribution in [1.29, 1.82) is 0 Å². The number of aromatic nitrogens is 1. The highest BCUT2D eigenvalue weighted by Gasteiger charge is 2.35. The molecule has 1 rings (SSSR count). The molecule has 0 aliphatic carbocycles. The van der Waals surface area contributed by atoms with Crippen LogP contribution in [0.15, 0.2) is 6.20 Å². The fourth-order valence-corrected chi connectivity index (χ4v) is 0.951. The Morgan fingerprint density at radius 2 is 2.06 bits per heavy atom. The zero-order valence-corrected chi connectivity index (χ0v) is 7.93. The second-order valence-electron chi connectivity index (χ2n) is 2.46. The number of nitrogens with zero attached hydrogens (tertiary/aromatic N) is 1. The third-order valence-corrected chi connectivity index (χ3v) is 1.64. The van der Waals surface area contributed by atoms with E-state index in [1.807, 2.05) is 0 Å². The summed E-state index contributed by atoms with van der Waals surface area (Å²) in [5, 5.41) is 7.57. The normalized spacial score (nSPS) is 11.3. The lowest BCUT2D eigenvalue weighted by molar-refractivity contribution is -0.275. The summed E-state index contributed by atoms with van der Waals surface area (Å²) in [7, 11) is 0. The predicted octanol–water partition coefficient (Wildman–Crippen LogP) is 2.47. The summed E-state index contributed by atoms with van der Waals surface area (Å²) in [6, 6.07) is 0. The molecule has 0 amide bonds. The Morgan fingerprint density at radius 3 is 2.50 bits per heavy atom. The molecule has 0 atom stereocenters. The number of carbonyl (C=O) groups is 1. The highest BCUT2D eigenvalue weighted by molar-refractivity contribution is 6.29. The lowest BCUT2D eigenvalue weighted by atomic mass is 10.2.